The van der Waals surface area contributed by atoms with Crippen LogP contribution in [0.3, 0.4) is 0 Å². The molecule has 0 bridgehead atoms. The van der Waals surface area contributed by atoms with Gasteiger partial charge in [-0.05, 0) is 6.42 Å². The standard InChI is InChI=1S/C8H15NO3.ClH/c1-2-3-12-8(11)7-4-6(10)5-9-7;/h6-7,9-10H,2-5H2,1H3;1H/t6-,7+;/m1./s1. The van der Waals surface area contributed by atoms with Gasteiger partial charge in [0.1, 0.15) is 6.04 Å². The molecule has 1 rings (SSSR count). The number of esters is 1. The van der Waals surface area contributed by atoms with E-state index in [1.54, 1.807) is 0 Å². The summed E-state index contributed by atoms with van der Waals surface area (Å²) in [5.74, 6) is -0.242. The van der Waals surface area contributed by atoms with Gasteiger partial charge >= 0.3 is 5.97 Å². The van der Waals surface area contributed by atoms with Crippen molar-refractivity contribution in [3.63, 3.8) is 0 Å². The Hall–Kier alpha value is -0.320. The smallest absolute Gasteiger partial charge is 0.323 e. The quantitative estimate of drug-likeness (QED) is 0.647. The van der Waals surface area contributed by atoms with Crippen molar-refractivity contribution < 1.29 is 14.6 Å². The Kier molecular flexibility index (Phi) is 6.03. The van der Waals surface area contributed by atoms with E-state index in [2.05, 4.69) is 5.32 Å². The predicted octanol–water partition coefficient (Wildman–Crippen LogP) is 0.0842. The Balaban J connectivity index is 0.00000144. The van der Waals surface area contributed by atoms with Crippen molar-refractivity contribution in [1.82, 2.24) is 5.32 Å². The first-order valence-electron chi connectivity index (χ1n) is 4.32. The van der Waals surface area contributed by atoms with Crippen LogP contribution in [0.15, 0.2) is 0 Å². The lowest BCUT2D eigenvalue weighted by atomic mass is 10.2. The number of ether oxygens (including phenoxy) is 1. The minimum absolute atomic E-state index is 0. The number of rotatable bonds is 3. The van der Waals surface area contributed by atoms with Crippen LogP contribution in [-0.4, -0.2) is 36.4 Å². The zero-order valence-electron chi connectivity index (χ0n) is 7.66. The van der Waals surface area contributed by atoms with Crippen LogP contribution in [0, 0.1) is 0 Å². The maximum atomic E-state index is 11.2. The third-order valence-electron chi connectivity index (χ3n) is 1.84. The summed E-state index contributed by atoms with van der Waals surface area (Å²) >= 11 is 0. The Labute approximate surface area is 84.1 Å². The lowest BCUT2D eigenvalue weighted by Gasteiger charge is -2.08. The highest BCUT2D eigenvalue weighted by atomic mass is 35.5. The highest BCUT2D eigenvalue weighted by Crippen LogP contribution is 2.07. The molecule has 1 aliphatic heterocycles. The van der Waals surface area contributed by atoms with E-state index >= 15 is 0 Å². The molecule has 0 aromatic rings. The SMILES string of the molecule is CCCOC(=O)[C@@H]1C[C@@H](O)CN1.Cl. The van der Waals surface area contributed by atoms with Gasteiger partial charge in [0.2, 0.25) is 0 Å². The summed E-state index contributed by atoms with van der Waals surface area (Å²) in [7, 11) is 0. The molecule has 5 heteroatoms. The molecule has 2 N–H and O–H groups in total. The number of halogens is 1. The van der Waals surface area contributed by atoms with Gasteiger partial charge in [0.25, 0.3) is 0 Å². The maximum Gasteiger partial charge on any atom is 0.323 e. The molecular weight excluding hydrogens is 194 g/mol. The van der Waals surface area contributed by atoms with Crippen molar-refractivity contribution in [3.8, 4) is 0 Å². The highest BCUT2D eigenvalue weighted by molar-refractivity contribution is 5.85. The second-order valence-corrected chi connectivity index (χ2v) is 3.02. The van der Waals surface area contributed by atoms with E-state index in [9.17, 15) is 4.79 Å². The maximum absolute atomic E-state index is 11.2. The van der Waals surface area contributed by atoms with Gasteiger partial charge in [-0.1, -0.05) is 6.92 Å². The number of carbonyl (C=O) groups excluding carboxylic acids is 1. The minimum Gasteiger partial charge on any atom is -0.465 e. The minimum atomic E-state index is -0.399. The van der Waals surface area contributed by atoms with Gasteiger partial charge in [0.15, 0.2) is 0 Å². The van der Waals surface area contributed by atoms with Gasteiger partial charge in [-0.2, -0.15) is 0 Å². The molecule has 0 aromatic carbocycles. The van der Waals surface area contributed by atoms with Crippen LogP contribution in [0.5, 0.6) is 0 Å². The second-order valence-electron chi connectivity index (χ2n) is 3.02. The van der Waals surface area contributed by atoms with Crippen molar-refractivity contribution >= 4 is 18.4 Å². The largest absolute Gasteiger partial charge is 0.465 e. The number of hydrogen-bond acceptors (Lipinski definition) is 4. The molecule has 2 atom stereocenters. The number of aliphatic hydroxyl groups is 1. The van der Waals surface area contributed by atoms with Gasteiger partial charge in [-0.15, -0.1) is 12.4 Å². The molecule has 78 valence electrons. The second kappa shape index (κ2) is 6.18. The zero-order chi connectivity index (χ0) is 8.97. The van der Waals surface area contributed by atoms with Gasteiger partial charge in [0, 0.05) is 13.0 Å². The first-order chi connectivity index (χ1) is 5.74. The van der Waals surface area contributed by atoms with Crippen LogP contribution in [0.1, 0.15) is 19.8 Å². The average molecular weight is 210 g/mol. The Bertz CT molecular complexity index is 165. The first-order valence-corrected chi connectivity index (χ1v) is 4.32. The molecule has 1 aliphatic rings. The lowest BCUT2D eigenvalue weighted by molar-refractivity contribution is -0.145. The number of hydrogen-bond donors (Lipinski definition) is 2. The summed E-state index contributed by atoms with van der Waals surface area (Å²) in [6, 6.07) is -0.299. The molecule has 1 fully saturated rings. The van der Waals surface area contributed by atoms with Crippen LogP contribution in [-0.2, 0) is 9.53 Å². The Morgan fingerprint density at radius 2 is 2.38 bits per heavy atom. The normalized spacial score (nSPS) is 26.6. The zero-order valence-corrected chi connectivity index (χ0v) is 8.47. The van der Waals surface area contributed by atoms with Crippen molar-refractivity contribution in [2.45, 2.75) is 31.9 Å². The average Bonchev–Trinajstić information content (AvgIpc) is 2.47. The summed E-state index contributed by atoms with van der Waals surface area (Å²) in [4.78, 5) is 11.2. The third-order valence-corrected chi connectivity index (χ3v) is 1.84. The van der Waals surface area contributed by atoms with Crippen LogP contribution < -0.4 is 5.32 Å². The number of nitrogens with one attached hydrogen (secondary N) is 1. The van der Waals surface area contributed by atoms with Crippen molar-refractivity contribution in [2.75, 3.05) is 13.2 Å². The topological polar surface area (TPSA) is 58.6 Å². The summed E-state index contributed by atoms with van der Waals surface area (Å²) in [5.41, 5.74) is 0. The van der Waals surface area contributed by atoms with Gasteiger partial charge in [0.05, 0.1) is 12.7 Å². The van der Waals surface area contributed by atoms with E-state index in [0.29, 0.717) is 19.6 Å². The molecule has 1 saturated heterocycles. The van der Waals surface area contributed by atoms with E-state index in [-0.39, 0.29) is 24.4 Å². The van der Waals surface area contributed by atoms with Crippen molar-refractivity contribution in [3.05, 3.63) is 0 Å². The van der Waals surface area contributed by atoms with Crippen molar-refractivity contribution in [1.29, 1.82) is 0 Å². The van der Waals surface area contributed by atoms with Crippen LogP contribution in [0.25, 0.3) is 0 Å². The van der Waals surface area contributed by atoms with E-state index in [0.717, 1.165) is 6.42 Å². The Morgan fingerprint density at radius 1 is 1.69 bits per heavy atom. The van der Waals surface area contributed by atoms with Crippen LogP contribution >= 0.6 is 12.4 Å². The van der Waals surface area contributed by atoms with Crippen LogP contribution in [0.2, 0.25) is 0 Å². The molecule has 4 nitrogen and oxygen atoms in total. The number of aliphatic hydroxyl groups excluding tert-OH is 1. The first kappa shape index (κ1) is 12.7. The molecule has 1 heterocycles. The molecule has 0 amide bonds. The summed E-state index contributed by atoms with van der Waals surface area (Å²) in [5, 5.41) is 12.0. The Morgan fingerprint density at radius 3 is 2.85 bits per heavy atom. The fraction of sp³-hybridized carbons (Fsp3) is 0.875. The molecule has 0 aliphatic carbocycles. The third kappa shape index (κ3) is 3.93. The van der Waals surface area contributed by atoms with E-state index in [1.165, 1.54) is 0 Å². The fourth-order valence-corrected chi connectivity index (χ4v) is 1.20. The van der Waals surface area contributed by atoms with E-state index in [4.69, 9.17) is 9.84 Å². The fourth-order valence-electron chi connectivity index (χ4n) is 1.20. The molecule has 0 unspecified atom stereocenters. The van der Waals surface area contributed by atoms with Gasteiger partial charge < -0.3 is 15.2 Å². The monoisotopic (exact) mass is 209 g/mol. The van der Waals surface area contributed by atoms with Crippen molar-refractivity contribution in [2.24, 2.45) is 0 Å². The number of carbonyl (C=O) groups is 1. The molecule has 13 heavy (non-hydrogen) atoms. The summed E-state index contributed by atoms with van der Waals surface area (Å²) < 4.78 is 4.91. The summed E-state index contributed by atoms with van der Waals surface area (Å²) in [6.45, 7) is 2.91. The van der Waals surface area contributed by atoms with Gasteiger partial charge in [-0.25, -0.2) is 0 Å². The highest BCUT2D eigenvalue weighted by Gasteiger charge is 2.28. The van der Waals surface area contributed by atoms with E-state index < -0.39 is 6.10 Å². The van der Waals surface area contributed by atoms with Crippen LogP contribution in [0.4, 0.5) is 0 Å². The lowest BCUT2D eigenvalue weighted by Crippen LogP contribution is -2.32. The molecule has 0 spiro atoms. The van der Waals surface area contributed by atoms with Gasteiger partial charge in [-0.3, -0.25) is 4.79 Å². The number of β-amino-alcohol motifs (C(OH)–C–C–N with tert-alkyl or cyclic N) is 1. The molecule has 0 saturated carbocycles. The molecular formula is C8H16ClNO3. The molecule has 0 radical (unpaired) electrons. The summed E-state index contributed by atoms with van der Waals surface area (Å²) in [6.07, 6.45) is 0.910. The molecule has 0 aromatic heterocycles. The predicted molar refractivity (Wildman–Crippen MR) is 50.9 cm³/mol. The van der Waals surface area contributed by atoms with E-state index in [1.807, 2.05) is 6.92 Å².